The van der Waals surface area contributed by atoms with E-state index in [2.05, 4.69) is 28.5 Å². The van der Waals surface area contributed by atoms with Gasteiger partial charge in [0.15, 0.2) is 0 Å². The lowest BCUT2D eigenvalue weighted by atomic mass is 10.1. The van der Waals surface area contributed by atoms with E-state index in [9.17, 15) is 4.79 Å². The van der Waals surface area contributed by atoms with E-state index in [1.807, 2.05) is 36.4 Å². The largest absolute Gasteiger partial charge is 0.351 e. The van der Waals surface area contributed by atoms with Crippen LogP contribution in [-0.4, -0.2) is 24.0 Å². The van der Waals surface area contributed by atoms with Crippen LogP contribution >= 0.6 is 0 Å². The predicted octanol–water partition coefficient (Wildman–Crippen LogP) is 2.28. The zero-order valence-electron chi connectivity index (χ0n) is 14.3. The Kier molecular flexibility index (Phi) is 4.53. The second-order valence-electron chi connectivity index (χ2n) is 6.86. The van der Waals surface area contributed by atoms with Gasteiger partial charge in [-0.3, -0.25) is 4.79 Å². The molecule has 3 N–H and O–H groups in total. The molecule has 4 rings (SSSR count). The molecule has 0 spiro atoms. The molecule has 3 aromatic rings. The number of H-pyrrole nitrogens is 1. The molecule has 1 amide bonds. The van der Waals surface area contributed by atoms with Crippen LogP contribution in [-0.2, 0) is 13.1 Å². The molecule has 1 fully saturated rings. The number of nitrogens with one attached hydrogen (secondary N) is 3. The zero-order chi connectivity index (χ0) is 17.1. The molecular weight excluding hydrogens is 310 g/mol. The van der Waals surface area contributed by atoms with Gasteiger partial charge >= 0.3 is 0 Å². The van der Waals surface area contributed by atoms with Crippen molar-refractivity contribution in [3.63, 3.8) is 0 Å². The molecule has 2 heterocycles. The number of aromatic amines is 1. The average Bonchev–Trinajstić information content (AvgIpc) is 3.30. The van der Waals surface area contributed by atoms with Crippen LogP contribution in [0.2, 0.25) is 0 Å². The molecule has 2 aromatic carbocycles. The predicted molar refractivity (Wildman–Crippen MR) is 99.5 cm³/mol. The van der Waals surface area contributed by atoms with Crippen molar-refractivity contribution in [1.29, 1.82) is 0 Å². The maximum absolute atomic E-state index is 12.5. The molecule has 1 aliphatic heterocycles. The lowest BCUT2D eigenvalue weighted by molar-refractivity contribution is -0.901. The van der Waals surface area contributed by atoms with Crippen LogP contribution in [0.5, 0.6) is 0 Å². The summed E-state index contributed by atoms with van der Waals surface area (Å²) in [6.07, 6.45) is 2.66. The second-order valence-corrected chi connectivity index (χ2v) is 6.86. The van der Waals surface area contributed by atoms with Gasteiger partial charge in [0.25, 0.3) is 5.91 Å². The van der Waals surface area contributed by atoms with E-state index < -0.39 is 0 Å². The van der Waals surface area contributed by atoms with Gasteiger partial charge in [-0.15, -0.1) is 0 Å². The fourth-order valence-electron chi connectivity index (χ4n) is 3.69. The van der Waals surface area contributed by atoms with Gasteiger partial charge in [-0.25, -0.2) is 0 Å². The van der Waals surface area contributed by atoms with Crippen LogP contribution in [0.3, 0.4) is 0 Å². The van der Waals surface area contributed by atoms with E-state index in [0.29, 0.717) is 12.2 Å². The molecule has 0 atom stereocenters. The van der Waals surface area contributed by atoms with E-state index in [-0.39, 0.29) is 5.91 Å². The number of fused-ring (bicyclic) bond motifs is 1. The first-order valence-electron chi connectivity index (χ1n) is 9.06. The summed E-state index contributed by atoms with van der Waals surface area (Å²) in [4.78, 5) is 17.3. The Morgan fingerprint density at radius 2 is 1.72 bits per heavy atom. The molecule has 1 aliphatic rings. The first-order chi connectivity index (χ1) is 12.3. The molecule has 1 aromatic heterocycles. The summed E-state index contributed by atoms with van der Waals surface area (Å²) in [5.41, 5.74) is 4.16. The van der Waals surface area contributed by atoms with E-state index in [1.54, 1.807) is 4.90 Å². The summed E-state index contributed by atoms with van der Waals surface area (Å²) in [5.74, 6) is -0.0560. The SMILES string of the molecule is O=C(NCc1ccccc1C[NH+]1CCCC1)c1cc2ccccc2[nH]1. The molecule has 25 heavy (non-hydrogen) atoms. The Morgan fingerprint density at radius 1 is 1.00 bits per heavy atom. The summed E-state index contributed by atoms with van der Waals surface area (Å²) in [7, 11) is 0. The molecule has 4 nitrogen and oxygen atoms in total. The van der Waals surface area contributed by atoms with Crippen molar-refractivity contribution >= 4 is 16.8 Å². The highest BCUT2D eigenvalue weighted by atomic mass is 16.1. The fraction of sp³-hybridized carbons (Fsp3) is 0.286. The van der Waals surface area contributed by atoms with Crippen LogP contribution in [0, 0.1) is 0 Å². The summed E-state index contributed by atoms with van der Waals surface area (Å²) < 4.78 is 0. The molecule has 128 valence electrons. The molecule has 0 unspecified atom stereocenters. The summed E-state index contributed by atoms with van der Waals surface area (Å²) in [6, 6.07) is 18.3. The van der Waals surface area contributed by atoms with Crippen LogP contribution in [0.15, 0.2) is 54.6 Å². The van der Waals surface area contributed by atoms with Crippen molar-refractivity contribution < 1.29 is 9.69 Å². The number of amides is 1. The fourth-order valence-corrected chi connectivity index (χ4v) is 3.69. The lowest BCUT2D eigenvalue weighted by Crippen LogP contribution is -3.08. The van der Waals surface area contributed by atoms with E-state index in [4.69, 9.17) is 0 Å². The average molecular weight is 334 g/mol. The minimum absolute atomic E-state index is 0.0560. The van der Waals surface area contributed by atoms with Crippen molar-refractivity contribution in [2.45, 2.75) is 25.9 Å². The zero-order valence-corrected chi connectivity index (χ0v) is 14.3. The summed E-state index contributed by atoms with van der Waals surface area (Å²) in [6.45, 7) is 4.14. The van der Waals surface area contributed by atoms with Crippen LogP contribution in [0.1, 0.15) is 34.5 Å². The second kappa shape index (κ2) is 7.11. The van der Waals surface area contributed by atoms with Crippen molar-refractivity contribution in [2.24, 2.45) is 0 Å². The normalized spacial score (nSPS) is 14.9. The van der Waals surface area contributed by atoms with Crippen molar-refractivity contribution in [3.8, 4) is 0 Å². The maximum atomic E-state index is 12.5. The first-order valence-corrected chi connectivity index (χ1v) is 9.06. The topological polar surface area (TPSA) is 49.3 Å². The van der Waals surface area contributed by atoms with Gasteiger partial charge in [-0.05, 0) is 17.7 Å². The van der Waals surface area contributed by atoms with Crippen LogP contribution < -0.4 is 10.2 Å². The Bertz CT molecular complexity index is 844. The molecule has 0 bridgehead atoms. The number of quaternary nitrogens is 1. The third-order valence-corrected chi connectivity index (χ3v) is 5.08. The number of para-hydroxylation sites is 1. The number of benzene rings is 2. The number of carbonyl (C=O) groups excluding carboxylic acids is 1. The number of carbonyl (C=O) groups is 1. The number of hydrogen-bond acceptors (Lipinski definition) is 1. The number of rotatable bonds is 5. The quantitative estimate of drug-likeness (QED) is 0.659. The molecule has 0 saturated carbocycles. The molecule has 4 heteroatoms. The molecule has 1 saturated heterocycles. The number of aromatic nitrogens is 1. The molecular formula is C21H24N3O+. The standard InChI is InChI=1S/C21H23N3O/c25-21(20-13-16-7-3-4-10-19(16)23-20)22-14-17-8-1-2-9-18(17)15-24-11-5-6-12-24/h1-4,7-10,13,23H,5-6,11-12,14-15H2,(H,22,25)/p+1. The monoisotopic (exact) mass is 334 g/mol. The number of likely N-dealkylation sites (tertiary alicyclic amines) is 1. The summed E-state index contributed by atoms with van der Waals surface area (Å²) >= 11 is 0. The van der Waals surface area contributed by atoms with Crippen LogP contribution in [0.4, 0.5) is 0 Å². The summed E-state index contributed by atoms with van der Waals surface area (Å²) in [5, 5.41) is 4.12. The van der Waals surface area contributed by atoms with Gasteiger partial charge in [0.05, 0.1) is 13.1 Å². The van der Waals surface area contributed by atoms with E-state index in [0.717, 1.165) is 17.4 Å². The van der Waals surface area contributed by atoms with Gasteiger partial charge in [-0.2, -0.15) is 0 Å². The third-order valence-electron chi connectivity index (χ3n) is 5.08. The first kappa shape index (κ1) is 15.9. The van der Waals surface area contributed by atoms with E-state index >= 15 is 0 Å². The van der Waals surface area contributed by atoms with Gasteiger partial charge < -0.3 is 15.2 Å². The van der Waals surface area contributed by atoms with Crippen molar-refractivity contribution in [3.05, 3.63) is 71.4 Å². The Labute approximate surface area is 147 Å². The van der Waals surface area contributed by atoms with E-state index in [1.165, 1.54) is 37.1 Å². The third kappa shape index (κ3) is 3.59. The Morgan fingerprint density at radius 3 is 2.52 bits per heavy atom. The van der Waals surface area contributed by atoms with Gasteiger partial charge in [0, 0.05) is 35.9 Å². The van der Waals surface area contributed by atoms with Crippen molar-refractivity contribution in [2.75, 3.05) is 13.1 Å². The smallest absolute Gasteiger partial charge is 0.267 e. The highest BCUT2D eigenvalue weighted by Crippen LogP contribution is 2.15. The van der Waals surface area contributed by atoms with Gasteiger partial charge in [0.2, 0.25) is 0 Å². The Hall–Kier alpha value is -2.59. The van der Waals surface area contributed by atoms with Gasteiger partial charge in [-0.1, -0.05) is 42.5 Å². The highest BCUT2D eigenvalue weighted by molar-refractivity contribution is 5.97. The number of hydrogen-bond donors (Lipinski definition) is 3. The van der Waals surface area contributed by atoms with Crippen molar-refractivity contribution in [1.82, 2.24) is 10.3 Å². The minimum atomic E-state index is -0.0560. The van der Waals surface area contributed by atoms with Crippen LogP contribution in [0.25, 0.3) is 10.9 Å². The van der Waals surface area contributed by atoms with Gasteiger partial charge in [0.1, 0.15) is 12.2 Å². The lowest BCUT2D eigenvalue weighted by Gasteiger charge is -2.15. The highest BCUT2D eigenvalue weighted by Gasteiger charge is 2.17. The maximum Gasteiger partial charge on any atom is 0.267 e. The molecule has 0 aliphatic carbocycles. The minimum Gasteiger partial charge on any atom is -0.351 e. The Balaban J connectivity index is 1.44. The molecule has 0 radical (unpaired) electrons.